The van der Waals surface area contributed by atoms with Gasteiger partial charge in [0.1, 0.15) is 5.60 Å². The van der Waals surface area contributed by atoms with E-state index in [1.165, 1.54) is 0 Å². The molecule has 2 rings (SSSR count). The number of hydrogen-bond donors (Lipinski definition) is 0. The molecule has 0 aliphatic carbocycles. The Hall–Kier alpha value is 0.0969. The molecule has 16 heavy (non-hydrogen) atoms. The maximum atomic E-state index is 6.27. The number of hydrogen-bond acceptors (Lipinski definition) is 3. The highest BCUT2D eigenvalue weighted by Crippen LogP contribution is 2.57. The fourth-order valence-electron chi connectivity index (χ4n) is 2.86. The largest absolute Gasteiger partial charge is 0.502 e. The molecule has 0 unspecified atom stereocenters. The van der Waals surface area contributed by atoms with Crippen molar-refractivity contribution in [3.63, 3.8) is 0 Å². The molecule has 0 aromatic heterocycles. The SMILES string of the molecule is CCCC[Si]12OC(C)(C)C(C)(O1)C(C)(C)O2. The molecular weight excluding hydrogens is 220 g/mol. The van der Waals surface area contributed by atoms with Crippen LogP contribution < -0.4 is 0 Å². The van der Waals surface area contributed by atoms with Crippen LogP contribution in [0.4, 0.5) is 0 Å². The van der Waals surface area contributed by atoms with Crippen LogP contribution in [0.1, 0.15) is 54.4 Å². The minimum absolute atomic E-state index is 0.241. The monoisotopic (exact) mass is 244 g/mol. The van der Waals surface area contributed by atoms with Crippen LogP contribution in [0.3, 0.4) is 0 Å². The molecule has 2 bridgehead atoms. The van der Waals surface area contributed by atoms with E-state index in [2.05, 4.69) is 41.5 Å². The minimum Gasteiger partial charge on any atom is -0.365 e. The summed E-state index contributed by atoms with van der Waals surface area (Å²) in [6.45, 7) is 12.8. The van der Waals surface area contributed by atoms with Crippen LogP contribution in [0, 0.1) is 0 Å². The lowest BCUT2D eigenvalue weighted by Crippen LogP contribution is -2.62. The predicted molar refractivity (Wildman–Crippen MR) is 65.3 cm³/mol. The highest BCUT2D eigenvalue weighted by atomic mass is 28.4. The number of fused-ring (bicyclic) bond motifs is 2. The van der Waals surface area contributed by atoms with Crippen LogP contribution in [0.25, 0.3) is 0 Å². The molecule has 0 N–H and O–H groups in total. The standard InChI is InChI=1S/C12H24O3Si/c1-7-8-9-16-13-10(2,3)12(6,15-16)11(4,5)14-16/h7-9H2,1-6H3. The Morgan fingerprint density at radius 2 is 1.38 bits per heavy atom. The average Bonchev–Trinajstić information content (AvgIpc) is 2.42. The Morgan fingerprint density at radius 1 is 0.875 bits per heavy atom. The molecule has 94 valence electrons. The zero-order chi connectivity index (χ0) is 12.2. The quantitative estimate of drug-likeness (QED) is 0.714. The van der Waals surface area contributed by atoms with Crippen molar-refractivity contribution < 1.29 is 13.3 Å². The first kappa shape index (κ1) is 12.6. The van der Waals surface area contributed by atoms with Gasteiger partial charge in [-0.25, -0.2) is 0 Å². The van der Waals surface area contributed by atoms with Gasteiger partial charge in [-0.15, -0.1) is 0 Å². The summed E-state index contributed by atoms with van der Waals surface area (Å²) in [5.74, 6) is 0. The molecular formula is C12H24O3Si. The smallest absolute Gasteiger partial charge is 0.365 e. The maximum absolute atomic E-state index is 6.27. The highest BCUT2D eigenvalue weighted by Gasteiger charge is 2.75. The molecule has 2 saturated heterocycles. The van der Waals surface area contributed by atoms with Crippen LogP contribution in [0.5, 0.6) is 0 Å². The normalized spacial score (nSPS) is 43.9. The van der Waals surface area contributed by atoms with E-state index in [1.807, 2.05) is 0 Å². The van der Waals surface area contributed by atoms with Crippen LogP contribution in [-0.4, -0.2) is 25.6 Å². The van der Waals surface area contributed by atoms with Gasteiger partial charge in [0.05, 0.1) is 11.2 Å². The molecule has 0 saturated carbocycles. The van der Waals surface area contributed by atoms with Gasteiger partial charge >= 0.3 is 8.80 Å². The second-order valence-corrected chi connectivity index (χ2v) is 8.63. The van der Waals surface area contributed by atoms with Gasteiger partial charge in [-0.1, -0.05) is 13.3 Å². The number of unbranched alkanes of at least 4 members (excludes halogenated alkanes) is 1. The third-order valence-corrected chi connectivity index (χ3v) is 7.64. The molecule has 0 aromatic carbocycles. The van der Waals surface area contributed by atoms with E-state index in [4.69, 9.17) is 13.3 Å². The molecule has 0 spiro atoms. The molecule has 2 aliphatic heterocycles. The first-order valence-corrected chi connectivity index (χ1v) is 8.22. The third kappa shape index (κ3) is 1.43. The van der Waals surface area contributed by atoms with Crippen molar-refractivity contribution in [1.29, 1.82) is 0 Å². The lowest BCUT2D eigenvalue weighted by molar-refractivity contribution is -0.132. The van der Waals surface area contributed by atoms with Crippen molar-refractivity contribution >= 4 is 8.80 Å². The van der Waals surface area contributed by atoms with E-state index >= 15 is 0 Å². The number of rotatable bonds is 3. The van der Waals surface area contributed by atoms with Crippen molar-refractivity contribution in [2.45, 2.75) is 77.2 Å². The zero-order valence-electron chi connectivity index (χ0n) is 11.3. The Bertz CT molecular complexity index is 281. The molecule has 0 radical (unpaired) electrons. The summed E-state index contributed by atoms with van der Waals surface area (Å²) in [4.78, 5) is 0. The van der Waals surface area contributed by atoms with E-state index in [0.717, 1.165) is 18.9 Å². The van der Waals surface area contributed by atoms with Gasteiger partial charge in [-0.05, 0) is 41.0 Å². The minimum atomic E-state index is -2.40. The molecule has 4 heteroatoms. The van der Waals surface area contributed by atoms with E-state index in [1.54, 1.807) is 0 Å². The summed E-state index contributed by atoms with van der Waals surface area (Å²) in [7, 11) is -2.40. The first-order chi connectivity index (χ1) is 7.18. The van der Waals surface area contributed by atoms with Crippen LogP contribution in [0.15, 0.2) is 0 Å². The maximum Gasteiger partial charge on any atom is 0.502 e. The van der Waals surface area contributed by atoms with Gasteiger partial charge in [-0.2, -0.15) is 0 Å². The van der Waals surface area contributed by atoms with Gasteiger partial charge in [-0.3, -0.25) is 0 Å². The van der Waals surface area contributed by atoms with Crippen LogP contribution in [0.2, 0.25) is 6.04 Å². The van der Waals surface area contributed by atoms with E-state index in [0.29, 0.717) is 0 Å². The molecule has 2 fully saturated rings. The Balaban J connectivity index is 2.29. The lowest BCUT2D eigenvalue weighted by Gasteiger charge is -2.47. The van der Waals surface area contributed by atoms with Crippen molar-refractivity contribution in [3.8, 4) is 0 Å². The zero-order valence-corrected chi connectivity index (χ0v) is 12.3. The van der Waals surface area contributed by atoms with Gasteiger partial charge in [0.15, 0.2) is 0 Å². The summed E-state index contributed by atoms with van der Waals surface area (Å²) < 4.78 is 18.6. The Labute approximate surface area is 99.8 Å². The van der Waals surface area contributed by atoms with Crippen LogP contribution >= 0.6 is 0 Å². The van der Waals surface area contributed by atoms with E-state index in [9.17, 15) is 0 Å². The predicted octanol–water partition coefficient (Wildman–Crippen LogP) is 3.12. The Kier molecular flexibility index (Phi) is 2.60. The fraction of sp³-hybridized carbons (Fsp3) is 1.00. The molecule has 2 aliphatic rings. The summed E-state index contributed by atoms with van der Waals surface area (Å²) in [5, 5.41) is 0. The second kappa shape index (κ2) is 3.31. The third-order valence-electron chi connectivity index (χ3n) is 4.32. The van der Waals surface area contributed by atoms with E-state index < -0.39 is 8.80 Å². The highest BCUT2D eigenvalue weighted by molar-refractivity contribution is 6.62. The van der Waals surface area contributed by atoms with Gasteiger partial charge in [0.2, 0.25) is 0 Å². The summed E-state index contributed by atoms with van der Waals surface area (Å²) >= 11 is 0. The molecule has 2 heterocycles. The average molecular weight is 244 g/mol. The van der Waals surface area contributed by atoms with Gasteiger partial charge < -0.3 is 13.3 Å². The molecule has 3 nitrogen and oxygen atoms in total. The second-order valence-electron chi connectivity index (χ2n) is 6.15. The topological polar surface area (TPSA) is 27.7 Å². The van der Waals surface area contributed by atoms with Crippen molar-refractivity contribution in [3.05, 3.63) is 0 Å². The summed E-state index contributed by atoms with van der Waals surface area (Å²) in [6, 6.07) is 0.950. The van der Waals surface area contributed by atoms with Crippen molar-refractivity contribution in [1.82, 2.24) is 0 Å². The van der Waals surface area contributed by atoms with Gasteiger partial charge in [0.25, 0.3) is 0 Å². The van der Waals surface area contributed by atoms with Crippen molar-refractivity contribution in [2.24, 2.45) is 0 Å². The molecule has 0 amide bonds. The van der Waals surface area contributed by atoms with E-state index in [-0.39, 0.29) is 16.8 Å². The summed E-state index contributed by atoms with van der Waals surface area (Å²) in [6.07, 6.45) is 2.27. The Morgan fingerprint density at radius 3 is 1.75 bits per heavy atom. The fourth-order valence-corrected chi connectivity index (χ4v) is 7.14. The molecule has 0 atom stereocenters. The lowest BCUT2D eigenvalue weighted by atomic mass is 9.76. The van der Waals surface area contributed by atoms with Gasteiger partial charge in [0, 0.05) is 6.04 Å². The first-order valence-electron chi connectivity index (χ1n) is 6.29. The summed E-state index contributed by atoms with van der Waals surface area (Å²) in [5.41, 5.74) is -0.802. The van der Waals surface area contributed by atoms with Crippen molar-refractivity contribution in [2.75, 3.05) is 0 Å². The molecule has 0 aromatic rings. The van der Waals surface area contributed by atoms with Crippen LogP contribution in [-0.2, 0) is 13.3 Å².